The number of rotatable bonds is 7. The van der Waals surface area contributed by atoms with Crippen molar-refractivity contribution in [1.82, 2.24) is 9.80 Å². The van der Waals surface area contributed by atoms with E-state index in [-0.39, 0.29) is 17.1 Å². The molecule has 1 aromatic carbocycles. The fraction of sp³-hybridized carbons (Fsp3) is 0.364. The van der Waals surface area contributed by atoms with E-state index in [0.29, 0.717) is 23.6 Å². The van der Waals surface area contributed by atoms with Crippen LogP contribution in [0.15, 0.2) is 35.2 Å². The maximum absolute atomic E-state index is 13.0. The number of Topliss-reactive ketones (excluding diaryl/α,β-unsaturated/α-hetero) is 1. The van der Waals surface area contributed by atoms with Gasteiger partial charge in [0.2, 0.25) is 0 Å². The highest BCUT2D eigenvalue weighted by Gasteiger charge is 2.46. The lowest BCUT2D eigenvalue weighted by Crippen LogP contribution is -2.32. The van der Waals surface area contributed by atoms with E-state index in [4.69, 9.17) is 16.3 Å². The fourth-order valence-electron chi connectivity index (χ4n) is 3.67. The number of hydrogen-bond acceptors (Lipinski definition) is 6. The zero-order valence-corrected chi connectivity index (χ0v) is 19.0. The van der Waals surface area contributed by atoms with Gasteiger partial charge in [0, 0.05) is 11.4 Å². The van der Waals surface area contributed by atoms with Crippen molar-refractivity contribution >= 4 is 40.4 Å². The molecule has 160 valence electrons. The molecule has 1 aromatic heterocycles. The summed E-state index contributed by atoms with van der Waals surface area (Å²) in [5.74, 6) is -1.31. The number of nitrogens with zero attached hydrogens (tertiary/aromatic N) is 2. The molecule has 0 radical (unpaired) electrons. The number of halogens is 1. The number of benzene rings is 1. The normalized spacial score (nSPS) is 18.5. The lowest BCUT2D eigenvalue weighted by Gasteiger charge is -2.25. The first-order valence-electron chi connectivity index (χ1n) is 9.57. The molecule has 1 atom stereocenters. The zero-order valence-electron chi connectivity index (χ0n) is 17.4. The fourth-order valence-corrected chi connectivity index (χ4v) is 4.86. The summed E-state index contributed by atoms with van der Waals surface area (Å²) in [7, 11) is 5.36. The molecular formula is C22H25ClN2O4S. The van der Waals surface area contributed by atoms with Crippen LogP contribution >= 0.6 is 22.9 Å². The average molecular weight is 449 g/mol. The average Bonchev–Trinajstić information content (AvgIpc) is 3.29. The molecule has 1 aliphatic heterocycles. The molecule has 1 unspecified atom stereocenters. The van der Waals surface area contributed by atoms with E-state index in [1.54, 1.807) is 17.0 Å². The summed E-state index contributed by atoms with van der Waals surface area (Å²) in [5.41, 5.74) is 1.16. The van der Waals surface area contributed by atoms with E-state index in [2.05, 4.69) is 0 Å². The predicted molar refractivity (Wildman–Crippen MR) is 119 cm³/mol. The van der Waals surface area contributed by atoms with Crippen LogP contribution in [0.2, 0.25) is 5.02 Å². The Kier molecular flexibility index (Phi) is 6.85. The highest BCUT2D eigenvalue weighted by molar-refractivity contribution is 7.10. The van der Waals surface area contributed by atoms with Crippen molar-refractivity contribution in [3.8, 4) is 5.75 Å². The number of ether oxygens (including phenoxy) is 1. The minimum absolute atomic E-state index is 0.0623. The van der Waals surface area contributed by atoms with E-state index in [1.807, 2.05) is 43.4 Å². The molecule has 0 bridgehead atoms. The van der Waals surface area contributed by atoms with Crippen molar-refractivity contribution in [2.45, 2.75) is 19.4 Å². The van der Waals surface area contributed by atoms with Gasteiger partial charge in [-0.2, -0.15) is 0 Å². The van der Waals surface area contributed by atoms with Crippen LogP contribution in [0.3, 0.4) is 0 Å². The Bertz CT molecular complexity index is 985. The van der Waals surface area contributed by atoms with Crippen LogP contribution in [0.1, 0.15) is 28.5 Å². The highest BCUT2D eigenvalue weighted by atomic mass is 35.5. The van der Waals surface area contributed by atoms with Crippen LogP contribution in [0, 0.1) is 6.92 Å². The summed E-state index contributed by atoms with van der Waals surface area (Å²) in [6.07, 6.45) is 0.710. The molecule has 30 heavy (non-hydrogen) atoms. The number of carbonyl (C=O) groups is 2. The Morgan fingerprint density at radius 1 is 1.33 bits per heavy atom. The van der Waals surface area contributed by atoms with Crippen molar-refractivity contribution in [2.24, 2.45) is 0 Å². The van der Waals surface area contributed by atoms with Crippen LogP contribution in [-0.2, 0) is 9.59 Å². The van der Waals surface area contributed by atoms with Gasteiger partial charge in [-0.15, -0.1) is 11.3 Å². The van der Waals surface area contributed by atoms with Gasteiger partial charge in [-0.1, -0.05) is 17.7 Å². The van der Waals surface area contributed by atoms with Gasteiger partial charge in [-0.05, 0) is 63.1 Å². The van der Waals surface area contributed by atoms with Crippen molar-refractivity contribution < 1.29 is 19.4 Å². The Morgan fingerprint density at radius 2 is 2.07 bits per heavy atom. The number of methoxy groups -OCH3 is 1. The van der Waals surface area contributed by atoms with Crippen molar-refractivity contribution in [3.63, 3.8) is 0 Å². The smallest absolute Gasteiger partial charge is 0.295 e. The topological polar surface area (TPSA) is 70.1 Å². The molecule has 2 heterocycles. The van der Waals surface area contributed by atoms with Crippen molar-refractivity contribution in [3.05, 3.63) is 56.2 Å². The maximum Gasteiger partial charge on any atom is 0.295 e. The third kappa shape index (κ3) is 4.24. The Labute approximate surface area is 185 Å². The minimum Gasteiger partial charge on any atom is -0.507 e. The molecule has 0 aliphatic carbocycles. The Hall–Kier alpha value is -2.35. The summed E-state index contributed by atoms with van der Waals surface area (Å²) in [5, 5.41) is 13.4. The first kappa shape index (κ1) is 22.3. The Morgan fingerprint density at radius 3 is 2.67 bits per heavy atom. The molecule has 6 nitrogen and oxygen atoms in total. The molecule has 1 aliphatic rings. The molecule has 1 N–H and O–H groups in total. The molecule has 8 heteroatoms. The van der Waals surface area contributed by atoms with Gasteiger partial charge in [0.25, 0.3) is 11.7 Å². The number of aliphatic hydroxyl groups is 1. The third-order valence-corrected chi connectivity index (χ3v) is 6.21. The standard InChI is InChI=1S/C22H25ClN2O4S/c1-13-11-14(21(29-4)15(23)12-13)19(26)17-18(16-7-5-10-30-16)25(22(28)20(17)27)9-6-8-24(2)3/h5,7,10-12,18,26H,6,8-9H2,1-4H3/b19-17-. The summed E-state index contributed by atoms with van der Waals surface area (Å²) in [6.45, 7) is 3.02. The second-order valence-electron chi connectivity index (χ2n) is 7.49. The summed E-state index contributed by atoms with van der Waals surface area (Å²) in [6, 6.07) is 6.51. The Balaban J connectivity index is 2.14. The quantitative estimate of drug-likeness (QED) is 0.392. The molecule has 0 spiro atoms. The lowest BCUT2D eigenvalue weighted by atomic mass is 9.98. The number of aryl methyl sites for hydroxylation is 1. The first-order valence-corrected chi connectivity index (χ1v) is 10.8. The maximum atomic E-state index is 13.0. The zero-order chi connectivity index (χ0) is 22.0. The van der Waals surface area contributed by atoms with E-state index < -0.39 is 17.7 Å². The predicted octanol–water partition coefficient (Wildman–Crippen LogP) is 4.09. The molecule has 0 saturated carbocycles. The second kappa shape index (κ2) is 9.20. The molecule has 1 fully saturated rings. The summed E-state index contributed by atoms with van der Waals surface area (Å²) in [4.78, 5) is 30.3. The van der Waals surface area contributed by atoms with Crippen LogP contribution in [0.4, 0.5) is 0 Å². The van der Waals surface area contributed by atoms with Gasteiger partial charge < -0.3 is 19.6 Å². The molecule has 1 saturated heterocycles. The number of hydrogen-bond donors (Lipinski definition) is 1. The first-order chi connectivity index (χ1) is 14.3. The number of likely N-dealkylation sites (tertiary alicyclic amines) is 1. The summed E-state index contributed by atoms with van der Waals surface area (Å²) >= 11 is 7.73. The van der Waals surface area contributed by atoms with Crippen LogP contribution in [0.5, 0.6) is 5.75 Å². The van der Waals surface area contributed by atoms with Crippen molar-refractivity contribution in [2.75, 3.05) is 34.3 Å². The van der Waals surface area contributed by atoms with Crippen LogP contribution in [-0.4, -0.2) is 60.9 Å². The third-order valence-electron chi connectivity index (χ3n) is 5.00. The van der Waals surface area contributed by atoms with Gasteiger partial charge in [0.1, 0.15) is 11.5 Å². The van der Waals surface area contributed by atoms with Gasteiger partial charge in [-0.3, -0.25) is 9.59 Å². The van der Waals surface area contributed by atoms with Crippen LogP contribution in [0.25, 0.3) is 5.76 Å². The second-order valence-corrected chi connectivity index (χ2v) is 8.88. The van der Waals surface area contributed by atoms with Gasteiger partial charge in [0.05, 0.1) is 29.3 Å². The van der Waals surface area contributed by atoms with Gasteiger partial charge in [-0.25, -0.2) is 0 Å². The largest absolute Gasteiger partial charge is 0.507 e. The van der Waals surface area contributed by atoms with E-state index in [1.165, 1.54) is 18.4 Å². The summed E-state index contributed by atoms with van der Waals surface area (Å²) < 4.78 is 5.38. The number of aliphatic hydroxyl groups excluding tert-OH is 1. The highest BCUT2D eigenvalue weighted by Crippen LogP contribution is 2.43. The number of amides is 1. The molecule has 2 aromatic rings. The lowest BCUT2D eigenvalue weighted by molar-refractivity contribution is -0.139. The van der Waals surface area contributed by atoms with Gasteiger partial charge >= 0.3 is 0 Å². The van der Waals surface area contributed by atoms with E-state index >= 15 is 0 Å². The van der Waals surface area contributed by atoms with E-state index in [0.717, 1.165) is 17.0 Å². The number of carbonyl (C=O) groups excluding carboxylic acids is 2. The minimum atomic E-state index is -0.699. The molecule has 1 amide bonds. The monoisotopic (exact) mass is 448 g/mol. The van der Waals surface area contributed by atoms with Crippen LogP contribution < -0.4 is 4.74 Å². The SMILES string of the molecule is COc1c(Cl)cc(C)cc1/C(O)=C1/C(=O)C(=O)N(CCCN(C)C)C1c1cccs1. The number of thiophene rings is 1. The van der Waals surface area contributed by atoms with Gasteiger partial charge in [0.15, 0.2) is 0 Å². The molecule has 3 rings (SSSR count). The van der Waals surface area contributed by atoms with Crippen molar-refractivity contribution in [1.29, 1.82) is 0 Å². The molecular weight excluding hydrogens is 424 g/mol. The van der Waals surface area contributed by atoms with E-state index in [9.17, 15) is 14.7 Å². The number of ketones is 1.